The van der Waals surface area contributed by atoms with Crippen molar-refractivity contribution in [2.45, 2.75) is 33.4 Å². The Labute approximate surface area is 99.1 Å². The van der Waals surface area contributed by atoms with Gasteiger partial charge in [-0.1, -0.05) is 0 Å². The van der Waals surface area contributed by atoms with Crippen molar-refractivity contribution in [1.82, 2.24) is 14.8 Å². The summed E-state index contributed by atoms with van der Waals surface area (Å²) in [6, 6.07) is 1.86. The molecular weight excluding hydrogens is 220 g/mol. The second-order valence-electron chi connectivity index (χ2n) is 3.73. The van der Waals surface area contributed by atoms with Crippen LogP contribution in [0.4, 0.5) is 0 Å². The minimum atomic E-state index is -0.117. The van der Waals surface area contributed by atoms with Crippen molar-refractivity contribution in [3.05, 3.63) is 33.5 Å². The molecule has 0 aromatic carbocycles. The highest BCUT2D eigenvalue weighted by molar-refractivity contribution is 7.11. The predicted octanol–water partition coefficient (Wildman–Crippen LogP) is 2.02. The van der Waals surface area contributed by atoms with Crippen LogP contribution in [0.15, 0.2) is 12.3 Å². The maximum atomic E-state index is 6.26. The van der Waals surface area contributed by atoms with Crippen LogP contribution < -0.4 is 5.73 Å². The summed E-state index contributed by atoms with van der Waals surface area (Å²) in [6.45, 7) is 6.91. The molecule has 0 saturated carbocycles. The molecule has 0 aliphatic heterocycles. The minimum Gasteiger partial charge on any atom is -0.318 e. The summed E-state index contributed by atoms with van der Waals surface area (Å²) in [4.78, 5) is 5.54. The Hall–Kier alpha value is -1.20. The number of nitrogens with zero attached hydrogens (tertiary/aromatic N) is 3. The van der Waals surface area contributed by atoms with Gasteiger partial charge >= 0.3 is 0 Å². The van der Waals surface area contributed by atoms with Crippen molar-refractivity contribution in [3.63, 3.8) is 0 Å². The van der Waals surface area contributed by atoms with Crippen molar-refractivity contribution in [3.8, 4) is 0 Å². The van der Waals surface area contributed by atoms with Crippen molar-refractivity contribution in [2.24, 2.45) is 5.73 Å². The second-order valence-corrected chi connectivity index (χ2v) is 4.97. The number of hydrogen-bond donors (Lipinski definition) is 1. The molecule has 16 heavy (non-hydrogen) atoms. The van der Waals surface area contributed by atoms with Gasteiger partial charge in [-0.3, -0.25) is 4.68 Å². The predicted molar refractivity (Wildman–Crippen MR) is 65.5 cm³/mol. The third-order valence-corrected chi connectivity index (χ3v) is 3.75. The van der Waals surface area contributed by atoms with Crippen LogP contribution in [-0.2, 0) is 6.54 Å². The number of hydrogen-bond acceptors (Lipinski definition) is 4. The number of nitrogens with two attached hydrogens (primary N) is 1. The highest BCUT2D eigenvalue weighted by Crippen LogP contribution is 2.27. The average Bonchev–Trinajstić information content (AvgIpc) is 2.83. The first-order valence-electron chi connectivity index (χ1n) is 5.34. The number of aryl methyl sites for hydroxylation is 3. The Balaban J connectivity index is 2.38. The molecule has 2 aromatic rings. The van der Waals surface area contributed by atoms with Crippen molar-refractivity contribution in [1.29, 1.82) is 0 Å². The summed E-state index contributed by atoms with van der Waals surface area (Å²) in [5, 5.41) is 5.30. The number of aromatic nitrogens is 3. The Morgan fingerprint density at radius 3 is 2.81 bits per heavy atom. The van der Waals surface area contributed by atoms with E-state index in [-0.39, 0.29) is 6.04 Å². The third-order valence-electron chi connectivity index (χ3n) is 2.59. The van der Waals surface area contributed by atoms with Crippen molar-refractivity contribution in [2.75, 3.05) is 0 Å². The standard InChI is InChI=1S/C11H16N4S/c1-4-15-9(5-6-13-15)10(12)11-7(2)14-8(3)16-11/h5-6,10H,4,12H2,1-3H3. The van der Waals surface area contributed by atoms with Crippen molar-refractivity contribution >= 4 is 11.3 Å². The molecule has 0 fully saturated rings. The topological polar surface area (TPSA) is 56.7 Å². The number of thiazole rings is 1. The molecular formula is C11H16N4S. The monoisotopic (exact) mass is 236 g/mol. The molecule has 1 unspecified atom stereocenters. The van der Waals surface area contributed by atoms with Crippen LogP contribution in [0.2, 0.25) is 0 Å². The normalized spacial score (nSPS) is 13.0. The molecule has 5 heteroatoms. The smallest absolute Gasteiger partial charge is 0.0900 e. The Morgan fingerprint density at radius 1 is 1.50 bits per heavy atom. The van der Waals surface area contributed by atoms with E-state index in [1.807, 2.05) is 24.6 Å². The molecule has 4 nitrogen and oxygen atoms in total. The molecule has 2 heterocycles. The summed E-state index contributed by atoms with van der Waals surface area (Å²) in [5.41, 5.74) is 8.34. The lowest BCUT2D eigenvalue weighted by Gasteiger charge is -2.12. The Bertz CT molecular complexity index is 486. The Kier molecular flexibility index (Phi) is 3.07. The largest absolute Gasteiger partial charge is 0.318 e. The van der Waals surface area contributed by atoms with Gasteiger partial charge in [-0.25, -0.2) is 4.98 Å². The van der Waals surface area contributed by atoms with Crippen LogP contribution >= 0.6 is 11.3 Å². The first-order chi connectivity index (χ1) is 7.63. The van der Waals surface area contributed by atoms with Gasteiger partial charge in [0, 0.05) is 12.7 Å². The van der Waals surface area contributed by atoms with E-state index >= 15 is 0 Å². The van der Waals surface area contributed by atoms with E-state index in [2.05, 4.69) is 17.0 Å². The minimum absolute atomic E-state index is 0.117. The molecule has 0 saturated heterocycles. The SMILES string of the molecule is CCn1nccc1C(N)c1sc(C)nc1C. The summed E-state index contributed by atoms with van der Waals surface area (Å²) in [6.07, 6.45) is 1.79. The fraction of sp³-hybridized carbons (Fsp3) is 0.455. The molecule has 2 aromatic heterocycles. The van der Waals surface area contributed by atoms with E-state index in [1.165, 1.54) is 0 Å². The zero-order valence-electron chi connectivity index (χ0n) is 9.77. The fourth-order valence-electron chi connectivity index (χ4n) is 1.84. The van der Waals surface area contributed by atoms with Gasteiger partial charge in [-0.15, -0.1) is 11.3 Å². The highest BCUT2D eigenvalue weighted by Gasteiger charge is 2.18. The van der Waals surface area contributed by atoms with Crippen LogP contribution in [0.3, 0.4) is 0 Å². The maximum Gasteiger partial charge on any atom is 0.0900 e. The van der Waals surface area contributed by atoms with E-state index in [0.29, 0.717) is 0 Å². The van der Waals surface area contributed by atoms with Gasteiger partial charge in [0.15, 0.2) is 0 Å². The molecule has 0 aliphatic carbocycles. The first kappa shape index (κ1) is 11.3. The van der Waals surface area contributed by atoms with Gasteiger partial charge in [-0.05, 0) is 26.8 Å². The molecule has 0 aliphatic rings. The van der Waals surface area contributed by atoms with Crippen molar-refractivity contribution < 1.29 is 0 Å². The lowest BCUT2D eigenvalue weighted by atomic mass is 10.1. The van der Waals surface area contributed by atoms with Gasteiger partial charge in [0.1, 0.15) is 0 Å². The van der Waals surface area contributed by atoms with Crippen LogP contribution in [0.1, 0.15) is 34.2 Å². The van der Waals surface area contributed by atoms with Crippen LogP contribution in [0.5, 0.6) is 0 Å². The van der Waals surface area contributed by atoms with Gasteiger partial charge in [0.2, 0.25) is 0 Å². The fourth-order valence-corrected chi connectivity index (χ4v) is 2.78. The molecule has 86 valence electrons. The van der Waals surface area contributed by atoms with E-state index < -0.39 is 0 Å². The lowest BCUT2D eigenvalue weighted by molar-refractivity contribution is 0.602. The lowest BCUT2D eigenvalue weighted by Crippen LogP contribution is -2.16. The quantitative estimate of drug-likeness (QED) is 0.887. The van der Waals surface area contributed by atoms with E-state index in [0.717, 1.165) is 27.8 Å². The molecule has 2 rings (SSSR count). The molecule has 1 atom stereocenters. The van der Waals surface area contributed by atoms with Gasteiger partial charge in [-0.2, -0.15) is 5.10 Å². The molecule has 0 spiro atoms. The van der Waals surface area contributed by atoms with Gasteiger partial charge < -0.3 is 5.73 Å². The van der Waals surface area contributed by atoms with Gasteiger partial charge in [0.05, 0.1) is 27.3 Å². The Morgan fingerprint density at radius 2 is 2.25 bits per heavy atom. The zero-order chi connectivity index (χ0) is 11.7. The second kappa shape index (κ2) is 4.35. The highest BCUT2D eigenvalue weighted by atomic mass is 32.1. The van der Waals surface area contributed by atoms with Crippen LogP contribution in [0, 0.1) is 13.8 Å². The summed E-state index contributed by atoms with van der Waals surface area (Å²) in [7, 11) is 0. The van der Waals surface area contributed by atoms with Crippen LogP contribution in [-0.4, -0.2) is 14.8 Å². The maximum absolute atomic E-state index is 6.26. The summed E-state index contributed by atoms with van der Waals surface area (Å²) in [5.74, 6) is 0. The molecule has 0 amide bonds. The molecule has 0 bridgehead atoms. The summed E-state index contributed by atoms with van der Waals surface area (Å²) < 4.78 is 1.93. The summed E-state index contributed by atoms with van der Waals surface area (Å²) >= 11 is 1.66. The molecule has 0 radical (unpaired) electrons. The zero-order valence-corrected chi connectivity index (χ0v) is 10.6. The molecule has 2 N–H and O–H groups in total. The van der Waals surface area contributed by atoms with E-state index in [1.54, 1.807) is 17.5 Å². The van der Waals surface area contributed by atoms with Crippen LogP contribution in [0.25, 0.3) is 0 Å². The average molecular weight is 236 g/mol. The third kappa shape index (κ3) is 1.88. The van der Waals surface area contributed by atoms with Gasteiger partial charge in [0.25, 0.3) is 0 Å². The first-order valence-corrected chi connectivity index (χ1v) is 6.16. The number of rotatable bonds is 3. The van der Waals surface area contributed by atoms with E-state index in [4.69, 9.17) is 5.73 Å². The van der Waals surface area contributed by atoms with E-state index in [9.17, 15) is 0 Å².